The second-order valence-electron chi connectivity index (χ2n) is 9.71. The second-order valence-corrected chi connectivity index (χ2v) is 9.71. The highest BCUT2D eigenvalue weighted by Crippen LogP contribution is 2.53. The maximum atomic E-state index is 11.2. The van der Waals surface area contributed by atoms with E-state index in [0.717, 1.165) is 17.5 Å². The van der Waals surface area contributed by atoms with Crippen molar-refractivity contribution in [2.75, 3.05) is 13.1 Å². The minimum Gasteiger partial charge on any atom is -0.472 e. The van der Waals surface area contributed by atoms with Crippen LogP contribution in [-0.4, -0.2) is 25.0 Å². The largest absolute Gasteiger partial charge is 0.472 e. The summed E-state index contributed by atoms with van der Waals surface area (Å²) in [6, 6.07) is 11.8. The standard InChI is InChI=1S/C16H21N.C11H15NO2/c1-2-6-13-12(5-1)11-15-14-7-3-4-8-16(13,14)9-10-17-15;1-9(2)7-12-11(13)4-3-10-5-6-14-8-10/h1-2,5-6,14-15,17H,3-4,7-11H2;3-6,8-9H,7H2,1-2H3,(H,12,13)/b;4-3+/t14-,15+,16-;/m0./s1. The van der Waals surface area contributed by atoms with E-state index in [-0.39, 0.29) is 5.91 Å². The quantitative estimate of drug-likeness (QED) is 0.677. The van der Waals surface area contributed by atoms with Gasteiger partial charge in [0.1, 0.15) is 0 Å². The van der Waals surface area contributed by atoms with Crippen molar-refractivity contribution in [3.63, 3.8) is 0 Å². The number of benzene rings is 1. The van der Waals surface area contributed by atoms with Crippen LogP contribution in [0.15, 0.2) is 53.4 Å². The van der Waals surface area contributed by atoms with Crippen LogP contribution in [0.5, 0.6) is 0 Å². The van der Waals surface area contributed by atoms with Gasteiger partial charge in [-0.3, -0.25) is 4.79 Å². The molecule has 1 amide bonds. The van der Waals surface area contributed by atoms with E-state index in [4.69, 9.17) is 4.42 Å². The predicted molar refractivity (Wildman–Crippen MR) is 126 cm³/mol. The normalized spacial score (nSPS) is 26.5. The van der Waals surface area contributed by atoms with Crippen LogP contribution < -0.4 is 10.6 Å². The van der Waals surface area contributed by atoms with Gasteiger partial charge >= 0.3 is 0 Å². The zero-order valence-corrected chi connectivity index (χ0v) is 18.9. The number of piperidine rings is 1. The van der Waals surface area contributed by atoms with Crippen LogP contribution in [0.3, 0.4) is 0 Å². The molecule has 0 radical (unpaired) electrons. The van der Waals surface area contributed by atoms with Crippen LogP contribution in [0, 0.1) is 11.8 Å². The van der Waals surface area contributed by atoms with Gasteiger partial charge in [-0.1, -0.05) is 51.0 Å². The smallest absolute Gasteiger partial charge is 0.244 e. The third-order valence-electron chi connectivity index (χ3n) is 7.21. The molecule has 1 aromatic carbocycles. The van der Waals surface area contributed by atoms with Crippen molar-refractivity contribution in [3.05, 3.63) is 65.6 Å². The van der Waals surface area contributed by atoms with E-state index in [1.165, 1.54) is 51.1 Å². The summed E-state index contributed by atoms with van der Waals surface area (Å²) in [4.78, 5) is 11.2. The summed E-state index contributed by atoms with van der Waals surface area (Å²) in [6.07, 6.45) is 14.8. The molecule has 1 aromatic heterocycles. The zero-order valence-electron chi connectivity index (χ0n) is 18.9. The first-order chi connectivity index (χ1) is 15.1. The van der Waals surface area contributed by atoms with Crippen LogP contribution in [0.1, 0.15) is 62.6 Å². The van der Waals surface area contributed by atoms with Crippen LogP contribution in [-0.2, 0) is 16.6 Å². The fourth-order valence-corrected chi connectivity index (χ4v) is 5.80. The van der Waals surface area contributed by atoms with Gasteiger partial charge in [0.05, 0.1) is 12.5 Å². The number of nitrogens with one attached hydrogen (secondary N) is 2. The lowest BCUT2D eigenvalue weighted by Gasteiger charge is -2.56. The Morgan fingerprint density at radius 1 is 1.26 bits per heavy atom. The Morgan fingerprint density at radius 2 is 2.13 bits per heavy atom. The van der Waals surface area contributed by atoms with Gasteiger partial charge in [0.15, 0.2) is 0 Å². The maximum Gasteiger partial charge on any atom is 0.244 e. The lowest BCUT2D eigenvalue weighted by atomic mass is 9.53. The summed E-state index contributed by atoms with van der Waals surface area (Å²) >= 11 is 0. The van der Waals surface area contributed by atoms with E-state index in [1.54, 1.807) is 35.8 Å². The Morgan fingerprint density at radius 3 is 2.94 bits per heavy atom. The minimum absolute atomic E-state index is 0.0695. The molecule has 2 N–H and O–H groups in total. The summed E-state index contributed by atoms with van der Waals surface area (Å²) in [7, 11) is 0. The number of fused-ring (bicyclic) bond motifs is 1. The Balaban J connectivity index is 0.000000153. The van der Waals surface area contributed by atoms with E-state index in [2.05, 4.69) is 48.7 Å². The molecule has 5 rings (SSSR count). The average Bonchev–Trinajstić information content (AvgIpc) is 3.30. The molecule has 2 aromatic rings. The van der Waals surface area contributed by atoms with Gasteiger partial charge in [-0.15, -0.1) is 0 Å². The molecule has 0 unspecified atom stereocenters. The first-order valence-corrected chi connectivity index (χ1v) is 11.9. The summed E-state index contributed by atoms with van der Waals surface area (Å²) in [6.45, 7) is 6.05. The highest BCUT2D eigenvalue weighted by molar-refractivity contribution is 5.91. The van der Waals surface area contributed by atoms with Gasteiger partial charge in [0.2, 0.25) is 5.91 Å². The third-order valence-corrected chi connectivity index (χ3v) is 7.21. The topological polar surface area (TPSA) is 54.3 Å². The van der Waals surface area contributed by atoms with Gasteiger partial charge in [-0.2, -0.15) is 0 Å². The molecule has 3 aliphatic rings. The van der Waals surface area contributed by atoms with Crippen molar-refractivity contribution in [2.24, 2.45) is 11.8 Å². The number of carbonyl (C=O) groups is 1. The first kappa shape index (κ1) is 21.9. The van der Waals surface area contributed by atoms with E-state index in [1.807, 2.05) is 0 Å². The molecule has 166 valence electrons. The Kier molecular flexibility index (Phi) is 6.96. The lowest BCUT2D eigenvalue weighted by Crippen LogP contribution is -2.59. The van der Waals surface area contributed by atoms with Gasteiger partial charge in [0, 0.05) is 29.6 Å². The predicted octanol–water partition coefficient (Wildman–Crippen LogP) is 5.10. The molecule has 2 fully saturated rings. The molecule has 1 saturated heterocycles. The van der Waals surface area contributed by atoms with Gasteiger partial charge in [0.25, 0.3) is 0 Å². The molecular formula is C27H36N2O2. The number of amides is 1. The average molecular weight is 421 g/mol. The van der Waals surface area contributed by atoms with Crippen molar-refractivity contribution in [3.8, 4) is 0 Å². The Hall–Kier alpha value is -2.33. The maximum absolute atomic E-state index is 11.2. The molecule has 2 aliphatic carbocycles. The van der Waals surface area contributed by atoms with Crippen molar-refractivity contribution >= 4 is 12.0 Å². The van der Waals surface area contributed by atoms with Gasteiger partial charge in [-0.25, -0.2) is 0 Å². The number of hydrogen-bond donors (Lipinski definition) is 2. The summed E-state index contributed by atoms with van der Waals surface area (Å²) in [5.74, 6) is 1.32. The van der Waals surface area contributed by atoms with E-state index in [0.29, 0.717) is 17.9 Å². The Bertz CT molecular complexity index is 882. The molecule has 4 nitrogen and oxygen atoms in total. The lowest BCUT2D eigenvalue weighted by molar-refractivity contribution is -0.116. The zero-order chi connectivity index (χ0) is 21.7. The molecule has 1 saturated carbocycles. The number of furan rings is 1. The third kappa shape index (κ3) is 4.95. The highest BCUT2D eigenvalue weighted by atomic mass is 16.3. The van der Waals surface area contributed by atoms with E-state index < -0.39 is 0 Å². The fourth-order valence-electron chi connectivity index (χ4n) is 5.80. The summed E-state index contributed by atoms with van der Waals surface area (Å²) in [5, 5.41) is 6.57. The van der Waals surface area contributed by atoms with E-state index >= 15 is 0 Å². The summed E-state index contributed by atoms with van der Waals surface area (Å²) in [5.41, 5.74) is 4.78. The fraction of sp³-hybridized carbons (Fsp3) is 0.519. The van der Waals surface area contributed by atoms with E-state index in [9.17, 15) is 4.79 Å². The first-order valence-electron chi connectivity index (χ1n) is 11.9. The molecule has 0 spiro atoms. The van der Waals surface area contributed by atoms with Crippen LogP contribution >= 0.6 is 0 Å². The number of carbonyl (C=O) groups excluding carboxylic acids is 1. The molecule has 3 atom stereocenters. The summed E-state index contributed by atoms with van der Waals surface area (Å²) < 4.78 is 4.86. The molecule has 31 heavy (non-hydrogen) atoms. The second kappa shape index (κ2) is 9.86. The number of rotatable bonds is 4. The SMILES string of the molecule is CC(C)CNC(=O)/C=C/c1ccoc1.c1ccc2c(c1)C[C@H]1NCC[C@@]23CCCC[C@@H]13. The molecule has 2 bridgehead atoms. The minimum atomic E-state index is -0.0695. The van der Waals surface area contributed by atoms with Gasteiger partial charge in [-0.05, 0) is 67.3 Å². The number of hydrogen-bond acceptors (Lipinski definition) is 3. The highest BCUT2D eigenvalue weighted by Gasteiger charge is 2.51. The van der Waals surface area contributed by atoms with Crippen LogP contribution in [0.4, 0.5) is 0 Å². The molecule has 1 aliphatic heterocycles. The molecule has 4 heteroatoms. The van der Waals surface area contributed by atoms with Crippen molar-refractivity contribution in [1.29, 1.82) is 0 Å². The van der Waals surface area contributed by atoms with Crippen molar-refractivity contribution in [2.45, 2.75) is 63.8 Å². The monoisotopic (exact) mass is 420 g/mol. The van der Waals surface area contributed by atoms with Gasteiger partial charge < -0.3 is 15.1 Å². The van der Waals surface area contributed by atoms with Crippen molar-refractivity contribution in [1.82, 2.24) is 10.6 Å². The Labute approximate surface area is 186 Å². The molecule has 2 heterocycles. The van der Waals surface area contributed by atoms with Crippen LogP contribution in [0.25, 0.3) is 6.08 Å². The van der Waals surface area contributed by atoms with Crippen molar-refractivity contribution < 1.29 is 9.21 Å². The molecular weight excluding hydrogens is 384 g/mol. The van der Waals surface area contributed by atoms with Crippen LogP contribution in [0.2, 0.25) is 0 Å².